The monoisotopic (exact) mass is 187 g/mol. The third-order valence-electron chi connectivity index (χ3n) is 2.09. The Hall–Kier alpha value is -2.02. The van der Waals surface area contributed by atoms with Crippen molar-refractivity contribution in [3.05, 3.63) is 23.8 Å². The van der Waals surface area contributed by atoms with Crippen molar-refractivity contribution in [2.45, 2.75) is 6.42 Å². The molecule has 1 aliphatic rings. The van der Waals surface area contributed by atoms with E-state index in [0.717, 1.165) is 11.4 Å². The molecule has 4 nitrogen and oxygen atoms in total. The summed E-state index contributed by atoms with van der Waals surface area (Å²) in [5, 5.41) is 14.6. The third-order valence-corrected chi connectivity index (χ3v) is 2.09. The molecule has 14 heavy (non-hydrogen) atoms. The Kier molecular flexibility index (Phi) is 2.07. The van der Waals surface area contributed by atoms with Gasteiger partial charge in [0.1, 0.15) is 0 Å². The molecule has 0 radical (unpaired) electrons. The maximum absolute atomic E-state index is 11.2. The maximum atomic E-state index is 11.2. The number of fused-ring (bicyclic) bond motifs is 1. The van der Waals surface area contributed by atoms with Crippen molar-refractivity contribution < 1.29 is 4.79 Å². The Morgan fingerprint density at radius 3 is 3.00 bits per heavy atom. The first kappa shape index (κ1) is 8.57. The van der Waals surface area contributed by atoms with E-state index in [-0.39, 0.29) is 5.91 Å². The Morgan fingerprint density at radius 2 is 2.21 bits per heavy atom. The van der Waals surface area contributed by atoms with Crippen LogP contribution in [0.25, 0.3) is 0 Å². The Balaban J connectivity index is 2.41. The summed E-state index contributed by atoms with van der Waals surface area (Å²) in [6, 6.07) is 7.22. The number of hydrogen-bond acceptors (Lipinski definition) is 3. The Bertz CT molecular complexity index is 420. The average Bonchev–Trinajstić information content (AvgIpc) is 2.37. The number of nitrogens with one attached hydrogen (secondary N) is 2. The van der Waals surface area contributed by atoms with Crippen LogP contribution in [0.4, 0.5) is 11.4 Å². The van der Waals surface area contributed by atoms with Crippen LogP contribution < -0.4 is 10.6 Å². The normalized spacial score (nSPS) is 14.4. The van der Waals surface area contributed by atoms with Gasteiger partial charge in [0.2, 0.25) is 5.91 Å². The quantitative estimate of drug-likeness (QED) is 0.643. The number of carbonyl (C=O) groups is 1. The fourth-order valence-electron chi connectivity index (χ4n) is 1.39. The topological polar surface area (TPSA) is 64.9 Å². The van der Waals surface area contributed by atoms with Gasteiger partial charge >= 0.3 is 0 Å². The van der Waals surface area contributed by atoms with E-state index in [1.54, 1.807) is 18.2 Å². The van der Waals surface area contributed by atoms with E-state index in [1.807, 2.05) is 0 Å². The van der Waals surface area contributed by atoms with Crippen LogP contribution in [-0.2, 0) is 4.79 Å². The molecule has 1 aromatic rings. The van der Waals surface area contributed by atoms with Gasteiger partial charge in [0, 0.05) is 13.0 Å². The SMILES string of the molecule is N#Cc1ccc2c(c1)NCCC(=O)N2. The van der Waals surface area contributed by atoms with Gasteiger partial charge in [-0.3, -0.25) is 4.79 Å². The Labute approximate surface area is 81.5 Å². The minimum Gasteiger partial charge on any atom is -0.383 e. The number of hydrogen-bond donors (Lipinski definition) is 2. The highest BCUT2D eigenvalue weighted by Gasteiger charge is 2.11. The number of nitrogens with zero attached hydrogens (tertiary/aromatic N) is 1. The number of anilines is 2. The number of benzene rings is 1. The number of nitriles is 1. The van der Waals surface area contributed by atoms with E-state index < -0.39 is 0 Å². The molecule has 0 aliphatic carbocycles. The molecule has 0 fully saturated rings. The predicted molar refractivity (Wildman–Crippen MR) is 52.9 cm³/mol. The van der Waals surface area contributed by atoms with Gasteiger partial charge in [-0.15, -0.1) is 0 Å². The first-order valence-corrected chi connectivity index (χ1v) is 4.37. The van der Waals surface area contributed by atoms with Crippen molar-refractivity contribution in [2.75, 3.05) is 17.2 Å². The highest BCUT2D eigenvalue weighted by atomic mass is 16.1. The minimum atomic E-state index is 0.000887. The molecular weight excluding hydrogens is 178 g/mol. The lowest BCUT2D eigenvalue weighted by atomic mass is 10.2. The van der Waals surface area contributed by atoms with Crippen molar-refractivity contribution in [1.29, 1.82) is 5.26 Å². The molecule has 4 heteroatoms. The molecule has 0 unspecified atom stereocenters. The third kappa shape index (κ3) is 1.52. The van der Waals surface area contributed by atoms with E-state index in [4.69, 9.17) is 5.26 Å². The van der Waals surface area contributed by atoms with Crippen LogP contribution in [0.1, 0.15) is 12.0 Å². The van der Waals surface area contributed by atoms with Gasteiger partial charge in [0.15, 0.2) is 0 Å². The number of carbonyl (C=O) groups excluding carboxylic acids is 1. The largest absolute Gasteiger partial charge is 0.383 e. The van der Waals surface area contributed by atoms with Gasteiger partial charge in [0.25, 0.3) is 0 Å². The lowest BCUT2D eigenvalue weighted by Gasteiger charge is -2.06. The predicted octanol–water partition coefficient (Wildman–Crippen LogP) is 1.31. The van der Waals surface area contributed by atoms with Crippen molar-refractivity contribution in [3.8, 4) is 6.07 Å². The van der Waals surface area contributed by atoms with E-state index in [2.05, 4.69) is 16.7 Å². The molecule has 2 rings (SSSR count). The number of rotatable bonds is 0. The van der Waals surface area contributed by atoms with Crippen molar-refractivity contribution in [3.63, 3.8) is 0 Å². The smallest absolute Gasteiger partial charge is 0.226 e. The van der Waals surface area contributed by atoms with Gasteiger partial charge < -0.3 is 10.6 Å². The van der Waals surface area contributed by atoms with Crippen molar-refractivity contribution in [2.24, 2.45) is 0 Å². The lowest BCUT2D eigenvalue weighted by Crippen LogP contribution is -2.10. The molecular formula is C10H9N3O. The molecule has 0 bridgehead atoms. The zero-order valence-corrected chi connectivity index (χ0v) is 7.50. The molecule has 1 heterocycles. The first-order chi connectivity index (χ1) is 6.79. The van der Waals surface area contributed by atoms with Crippen LogP contribution in [0.5, 0.6) is 0 Å². The molecule has 0 atom stereocenters. The summed E-state index contributed by atoms with van der Waals surface area (Å²) in [4.78, 5) is 11.2. The average molecular weight is 187 g/mol. The van der Waals surface area contributed by atoms with Gasteiger partial charge in [-0.05, 0) is 18.2 Å². The second kappa shape index (κ2) is 3.38. The van der Waals surface area contributed by atoms with Crippen molar-refractivity contribution >= 4 is 17.3 Å². The highest BCUT2D eigenvalue weighted by Crippen LogP contribution is 2.24. The lowest BCUT2D eigenvalue weighted by molar-refractivity contribution is -0.115. The second-order valence-electron chi connectivity index (χ2n) is 3.10. The van der Waals surface area contributed by atoms with Gasteiger partial charge in [-0.1, -0.05) is 0 Å². The molecule has 2 N–H and O–H groups in total. The molecule has 0 aromatic heterocycles. The van der Waals surface area contributed by atoms with Gasteiger partial charge in [-0.25, -0.2) is 0 Å². The number of amides is 1. The summed E-state index contributed by atoms with van der Waals surface area (Å²) < 4.78 is 0. The van der Waals surface area contributed by atoms with Gasteiger partial charge in [0.05, 0.1) is 23.0 Å². The maximum Gasteiger partial charge on any atom is 0.226 e. The fourth-order valence-corrected chi connectivity index (χ4v) is 1.39. The van der Waals surface area contributed by atoms with Crippen LogP contribution >= 0.6 is 0 Å². The summed E-state index contributed by atoms with van der Waals surface area (Å²) in [5.41, 5.74) is 2.15. The standard InChI is InChI=1S/C10H9N3O/c11-6-7-1-2-8-9(5-7)12-4-3-10(14)13-8/h1-2,5,12H,3-4H2,(H,13,14). The van der Waals surface area contributed by atoms with Crippen LogP contribution in [0, 0.1) is 11.3 Å². The molecule has 1 aliphatic heterocycles. The van der Waals surface area contributed by atoms with Crippen LogP contribution in [0.15, 0.2) is 18.2 Å². The van der Waals surface area contributed by atoms with E-state index in [1.165, 1.54) is 0 Å². The minimum absolute atomic E-state index is 0.000887. The summed E-state index contributed by atoms with van der Waals surface area (Å²) in [7, 11) is 0. The summed E-state index contributed by atoms with van der Waals surface area (Å²) >= 11 is 0. The zero-order valence-electron chi connectivity index (χ0n) is 7.50. The molecule has 0 spiro atoms. The zero-order chi connectivity index (χ0) is 9.97. The summed E-state index contributed by atoms with van der Waals surface area (Å²) in [6.45, 7) is 0.605. The van der Waals surface area contributed by atoms with Crippen molar-refractivity contribution in [1.82, 2.24) is 0 Å². The van der Waals surface area contributed by atoms with E-state index >= 15 is 0 Å². The molecule has 1 amide bonds. The van der Waals surface area contributed by atoms with Gasteiger partial charge in [-0.2, -0.15) is 5.26 Å². The fraction of sp³-hybridized carbons (Fsp3) is 0.200. The molecule has 1 aromatic carbocycles. The summed E-state index contributed by atoms with van der Waals surface area (Å²) in [6.07, 6.45) is 0.455. The molecule has 0 saturated carbocycles. The highest BCUT2D eigenvalue weighted by molar-refractivity contribution is 5.96. The van der Waals surface area contributed by atoms with Crippen LogP contribution in [-0.4, -0.2) is 12.5 Å². The van der Waals surface area contributed by atoms with Crippen LogP contribution in [0.2, 0.25) is 0 Å². The van der Waals surface area contributed by atoms with E-state index in [0.29, 0.717) is 18.5 Å². The Morgan fingerprint density at radius 1 is 1.36 bits per heavy atom. The first-order valence-electron chi connectivity index (χ1n) is 4.37. The summed E-state index contributed by atoms with van der Waals surface area (Å²) in [5.74, 6) is 0.000887. The van der Waals surface area contributed by atoms with Crippen LogP contribution in [0.3, 0.4) is 0 Å². The van der Waals surface area contributed by atoms with E-state index in [9.17, 15) is 4.79 Å². The molecule has 70 valence electrons. The second-order valence-corrected chi connectivity index (χ2v) is 3.10. The molecule has 0 saturated heterocycles.